The highest BCUT2D eigenvalue weighted by Crippen LogP contribution is 2.29. The van der Waals surface area contributed by atoms with Gasteiger partial charge in [0.2, 0.25) is 0 Å². The first-order valence-electron chi connectivity index (χ1n) is 4.84. The number of benzene rings is 1. The second-order valence-electron chi connectivity index (χ2n) is 3.71. The molecule has 0 spiro atoms. The Morgan fingerprint density at radius 2 is 2.13 bits per heavy atom. The summed E-state index contributed by atoms with van der Waals surface area (Å²) in [5.74, 6) is -0.391. The Morgan fingerprint density at radius 3 is 2.87 bits per heavy atom. The number of fused-ring (bicyclic) bond motifs is 1. The van der Waals surface area contributed by atoms with Crippen LogP contribution in [0.2, 0.25) is 0 Å². The SMILES string of the molecule is C=C1CCC(=O)c2cc(F)ccc2N1C. The molecule has 0 aromatic heterocycles. The minimum Gasteiger partial charge on any atom is -0.348 e. The quantitative estimate of drug-likeness (QED) is 0.649. The number of rotatable bonds is 0. The van der Waals surface area contributed by atoms with Gasteiger partial charge in [-0.15, -0.1) is 0 Å². The molecule has 15 heavy (non-hydrogen) atoms. The fourth-order valence-electron chi connectivity index (χ4n) is 1.75. The Hall–Kier alpha value is -1.64. The fraction of sp³-hybridized carbons (Fsp3) is 0.250. The molecule has 1 aromatic carbocycles. The maximum atomic E-state index is 13.0. The summed E-state index contributed by atoms with van der Waals surface area (Å²) in [6.45, 7) is 3.89. The smallest absolute Gasteiger partial charge is 0.165 e. The Bertz CT molecular complexity index is 439. The molecule has 3 heteroatoms. The van der Waals surface area contributed by atoms with Gasteiger partial charge in [0.25, 0.3) is 0 Å². The van der Waals surface area contributed by atoms with Crippen LogP contribution in [0.5, 0.6) is 0 Å². The van der Waals surface area contributed by atoms with Gasteiger partial charge in [-0.25, -0.2) is 4.39 Å². The van der Waals surface area contributed by atoms with E-state index in [1.54, 1.807) is 6.07 Å². The Morgan fingerprint density at radius 1 is 1.40 bits per heavy atom. The molecule has 0 saturated carbocycles. The van der Waals surface area contributed by atoms with Gasteiger partial charge in [-0.1, -0.05) is 6.58 Å². The van der Waals surface area contributed by atoms with E-state index in [4.69, 9.17) is 0 Å². The van der Waals surface area contributed by atoms with E-state index >= 15 is 0 Å². The van der Waals surface area contributed by atoms with Gasteiger partial charge in [0.1, 0.15) is 5.82 Å². The average molecular weight is 205 g/mol. The molecule has 2 nitrogen and oxygen atoms in total. The monoisotopic (exact) mass is 205 g/mol. The van der Waals surface area contributed by atoms with Crippen molar-refractivity contribution in [2.75, 3.05) is 11.9 Å². The van der Waals surface area contributed by atoms with E-state index in [0.29, 0.717) is 18.4 Å². The van der Waals surface area contributed by atoms with Crippen molar-refractivity contribution in [3.8, 4) is 0 Å². The van der Waals surface area contributed by atoms with E-state index in [2.05, 4.69) is 6.58 Å². The van der Waals surface area contributed by atoms with Crippen LogP contribution in [-0.4, -0.2) is 12.8 Å². The van der Waals surface area contributed by atoms with Gasteiger partial charge in [-0.05, 0) is 24.6 Å². The molecule has 0 saturated heterocycles. The maximum Gasteiger partial charge on any atom is 0.165 e. The molecule has 1 aromatic rings. The summed E-state index contributed by atoms with van der Waals surface area (Å²) >= 11 is 0. The van der Waals surface area contributed by atoms with E-state index in [1.807, 2.05) is 11.9 Å². The fourth-order valence-corrected chi connectivity index (χ4v) is 1.75. The highest BCUT2D eigenvalue weighted by Gasteiger charge is 2.21. The van der Waals surface area contributed by atoms with E-state index in [1.165, 1.54) is 12.1 Å². The second-order valence-corrected chi connectivity index (χ2v) is 3.71. The molecule has 0 amide bonds. The van der Waals surface area contributed by atoms with Gasteiger partial charge in [-0.3, -0.25) is 4.79 Å². The number of hydrogen-bond acceptors (Lipinski definition) is 2. The third kappa shape index (κ3) is 1.65. The summed E-state index contributed by atoms with van der Waals surface area (Å²) in [7, 11) is 1.84. The molecule has 0 N–H and O–H groups in total. The van der Waals surface area contributed by atoms with Crippen LogP contribution in [0.4, 0.5) is 10.1 Å². The van der Waals surface area contributed by atoms with Gasteiger partial charge in [0, 0.05) is 24.7 Å². The molecule has 0 radical (unpaired) electrons. The van der Waals surface area contributed by atoms with Gasteiger partial charge in [0.05, 0.1) is 5.69 Å². The third-order valence-electron chi connectivity index (χ3n) is 2.74. The number of Topliss-reactive ketones (excluding diaryl/α,β-unsaturated/α-hetero) is 1. The van der Waals surface area contributed by atoms with Crippen LogP contribution >= 0.6 is 0 Å². The van der Waals surface area contributed by atoms with Gasteiger partial charge in [0.15, 0.2) is 5.78 Å². The van der Waals surface area contributed by atoms with E-state index in [0.717, 1.165) is 11.4 Å². The van der Waals surface area contributed by atoms with E-state index < -0.39 is 0 Å². The Kier molecular flexibility index (Phi) is 2.31. The average Bonchev–Trinajstić information content (AvgIpc) is 2.32. The molecular weight excluding hydrogens is 193 g/mol. The number of anilines is 1. The first kappa shape index (κ1) is 9.90. The first-order valence-corrected chi connectivity index (χ1v) is 4.84. The molecule has 0 aliphatic carbocycles. The highest BCUT2D eigenvalue weighted by molar-refractivity contribution is 6.02. The summed E-state index contributed by atoms with van der Waals surface area (Å²) in [6, 6.07) is 4.28. The zero-order valence-electron chi connectivity index (χ0n) is 8.59. The van der Waals surface area contributed by atoms with Gasteiger partial charge < -0.3 is 4.90 Å². The number of ketones is 1. The molecule has 0 fully saturated rings. The van der Waals surface area contributed by atoms with Crippen LogP contribution < -0.4 is 4.90 Å². The number of halogens is 1. The zero-order valence-corrected chi connectivity index (χ0v) is 8.59. The number of hydrogen-bond donors (Lipinski definition) is 0. The first-order chi connectivity index (χ1) is 7.09. The van der Waals surface area contributed by atoms with Crippen LogP contribution in [0.3, 0.4) is 0 Å². The summed E-state index contributed by atoms with van der Waals surface area (Å²) in [6.07, 6.45) is 1.03. The standard InChI is InChI=1S/C12H12FNO/c1-8-3-6-12(15)10-7-9(13)4-5-11(10)14(8)2/h4-5,7H,1,3,6H2,2H3. The zero-order chi connectivity index (χ0) is 11.0. The Balaban J connectivity index is 2.59. The van der Waals surface area contributed by atoms with Crippen LogP contribution in [0.15, 0.2) is 30.5 Å². The summed E-state index contributed by atoms with van der Waals surface area (Å²) in [5, 5.41) is 0. The predicted octanol–water partition coefficient (Wildman–Crippen LogP) is 2.75. The molecule has 0 atom stereocenters. The molecule has 1 aliphatic heterocycles. The van der Waals surface area contributed by atoms with Crippen molar-refractivity contribution >= 4 is 11.5 Å². The number of allylic oxidation sites excluding steroid dienone is 1. The molecular formula is C12H12FNO. The van der Waals surface area contributed by atoms with Crippen LogP contribution in [0.1, 0.15) is 23.2 Å². The minimum absolute atomic E-state index is 0.0185. The van der Waals surface area contributed by atoms with Crippen molar-refractivity contribution in [3.63, 3.8) is 0 Å². The largest absolute Gasteiger partial charge is 0.348 e. The lowest BCUT2D eigenvalue weighted by atomic mass is 10.1. The minimum atomic E-state index is -0.372. The second kappa shape index (κ2) is 3.50. The van der Waals surface area contributed by atoms with Crippen molar-refractivity contribution in [1.29, 1.82) is 0 Å². The lowest BCUT2D eigenvalue weighted by Gasteiger charge is -2.20. The third-order valence-corrected chi connectivity index (χ3v) is 2.74. The van der Waals surface area contributed by atoms with Gasteiger partial charge in [-0.2, -0.15) is 0 Å². The van der Waals surface area contributed by atoms with Crippen LogP contribution in [-0.2, 0) is 0 Å². The van der Waals surface area contributed by atoms with Crippen molar-refractivity contribution < 1.29 is 9.18 Å². The van der Waals surface area contributed by atoms with Crippen molar-refractivity contribution in [2.24, 2.45) is 0 Å². The lowest BCUT2D eigenvalue weighted by molar-refractivity contribution is 0.0984. The van der Waals surface area contributed by atoms with Gasteiger partial charge >= 0.3 is 0 Å². The molecule has 0 bridgehead atoms. The normalized spacial score (nSPS) is 16.3. The molecule has 1 heterocycles. The number of carbonyl (C=O) groups excluding carboxylic acids is 1. The molecule has 0 unspecified atom stereocenters. The number of carbonyl (C=O) groups is 1. The maximum absolute atomic E-state index is 13.0. The van der Waals surface area contributed by atoms with Crippen molar-refractivity contribution in [2.45, 2.75) is 12.8 Å². The summed E-state index contributed by atoms with van der Waals surface area (Å²) in [5.41, 5.74) is 2.08. The highest BCUT2D eigenvalue weighted by atomic mass is 19.1. The molecule has 78 valence electrons. The lowest BCUT2D eigenvalue weighted by Crippen LogP contribution is -2.15. The van der Waals surface area contributed by atoms with E-state index in [-0.39, 0.29) is 11.6 Å². The van der Waals surface area contributed by atoms with E-state index in [9.17, 15) is 9.18 Å². The molecule has 1 aliphatic rings. The summed E-state index contributed by atoms with van der Waals surface area (Å²) in [4.78, 5) is 13.6. The van der Waals surface area contributed by atoms with Crippen LogP contribution in [0, 0.1) is 5.82 Å². The number of nitrogens with zero attached hydrogens (tertiary/aromatic N) is 1. The van der Waals surface area contributed by atoms with Crippen LogP contribution in [0.25, 0.3) is 0 Å². The molecule has 2 rings (SSSR count). The Labute approximate surface area is 88.0 Å². The summed E-state index contributed by atoms with van der Waals surface area (Å²) < 4.78 is 13.0. The van der Waals surface area contributed by atoms with Crippen molar-refractivity contribution in [1.82, 2.24) is 0 Å². The predicted molar refractivity (Wildman–Crippen MR) is 57.5 cm³/mol. The van der Waals surface area contributed by atoms with Crippen molar-refractivity contribution in [3.05, 3.63) is 41.9 Å². The topological polar surface area (TPSA) is 20.3 Å².